The predicted molar refractivity (Wildman–Crippen MR) is 139 cm³/mol. The topological polar surface area (TPSA) is 73.5 Å². The van der Waals surface area contributed by atoms with E-state index >= 15 is 0 Å². The number of anilines is 3. The lowest BCUT2D eigenvalue weighted by atomic mass is 10.1. The van der Waals surface area contributed by atoms with Gasteiger partial charge in [0.05, 0.1) is 21.3 Å². The average Bonchev–Trinajstić information content (AvgIpc) is 2.86. The summed E-state index contributed by atoms with van der Waals surface area (Å²) in [4.78, 5) is 28.0. The van der Waals surface area contributed by atoms with E-state index in [0.29, 0.717) is 28.5 Å². The number of carbonyl (C=O) groups excluding carboxylic acids is 2. The molecule has 4 rings (SSSR count). The van der Waals surface area contributed by atoms with E-state index in [1.807, 2.05) is 36.4 Å². The van der Waals surface area contributed by atoms with Gasteiger partial charge in [-0.25, -0.2) is 4.79 Å². The van der Waals surface area contributed by atoms with Gasteiger partial charge in [-0.3, -0.25) is 4.79 Å². The zero-order valence-electron chi connectivity index (χ0n) is 18.6. The number of halogens is 2. The lowest BCUT2D eigenvalue weighted by Crippen LogP contribution is -2.33. The van der Waals surface area contributed by atoms with Crippen molar-refractivity contribution >= 4 is 52.2 Å². The van der Waals surface area contributed by atoms with Crippen molar-refractivity contribution in [2.24, 2.45) is 0 Å². The lowest BCUT2D eigenvalue weighted by Gasteiger charge is -2.30. The highest BCUT2D eigenvalue weighted by molar-refractivity contribution is 6.44. The maximum atomic E-state index is 13.2. The molecule has 0 spiro atoms. The van der Waals surface area contributed by atoms with Gasteiger partial charge in [-0.1, -0.05) is 59.6 Å². The van der Waals surface area contributed by atoms with Crippen molar-refractivity contribution in [1.82, 2.24) is 5.32 Å². The zero-order valence-corrected chi connectivity index (χ0v) is 20.1. The molecular weight excluding hydrogens is 471 g/mol. The first-order chi connectivity index (χ1) is 16.5. The van der Waals surface area contributed by atoms with Gasteiger partial charge in [-0.2, -0.15) is 0 Å². The molecular formula is C26H26Cl2N4O2. The van der Waals surface area contributed by atoms with E-state index in [1.165, 1.54) is 6.42 Å². The molecule has 1 fully saturated rings. The van der Waals surface area contributed by atoms with Gasteiger partial charge in [0.1, 0.15) is 0 Å². The first-order valence-electron chi connectivity index (χ1n) is 11.2. The second-order valence-corrected chi connectivity index (χ2v) is 8.91. The quantitative estimate of drug-likeness (QED) is 0.361. The molecule has 3 amide bonds. The molecule has 34 heavy (non-hydrogen) atoms. The van der Waals surface area contributed by atoms with E-state index in [-0.39, 0.29) is 10.9 Å². The Morgan fingerprint density at radius 1 is 0.853 bits per heavy atom. The Hall–Kier alpha value is -3.22. The summed E-state index contributed by atoms with van der Waals surface area (Å²) in [5.74, 6) is -0.189. The monoisotopic (exact) mass is 496 g/mol. The standard InChI is InChI=1S/C26H26Cl2N4O2/c27-21-10-7-11-22(24(21)28)31-26(34)30-19-12-13-23(32-14-5-2-6-15-32)20(16-19)25(33)29-17-18-8-3-1-4-9-18/h1,3-4,7-13,16H,2,5-6,14-15,17H2,(H,29,33)(H2,30,31,34). The molecule has 176 valence electrons. The van der Waals surface area contributed by atoms with E-state index in [1.54, 1.807) is 30.3 Å². The van der Waals surface area contributed by atoms with Gasteiger partial charge in [0, 0.05) is 31.0 Å². The minimum Gasteiger partial charge on any atom is -0.371 e. The van der Waals surface area contributed by atoms with Crippen LogP contribution in [0.1, 0.15) is 35.2 Å². The summed E-state index contributed by atoms with van der Waals surface area (Å²) in [6.45, 7) is 2.23. The third kappa shape index (κ3) is 6.01. The Kier molecular flexibility index (Phi) is 7.93. The molecule has 0 saturated carbocycles. The first-order valence-corrected chi connectivity index (χ1v) is 12.0. The van der Waals surface area contributed by atoms with Crippen molar-refractivity contribution in [3.63, 3.8) is 0 Å². The minimum atomic E-state index is -0.481. The minimum absolute atomic E-state index is 0.189. The van der Waals surface area contributed by atoms with Crippen molar-refractivity contribution in [2.45, 2.75) is 25.8 Å². The van der Waals surface area contributed by atoms with Crippen LogP contribution in [0.4, 0.5) is 21.9 Å². The Morgan fingerprint density at radius 3 is 2.38 bits per heavy atom. The van der Waals surface area contributed by atoms with Crippen LogP contribution in [0.5, 0.6) is 0 Å². The van der Waals surface area contributed by atoms with Crippen molar-refractivity contribution in [2.75, 3.05) is 28.6 Å². The van der Waals surface area contributed by atoms with Crippen LogP contribution in [-0.2, 0) is 6.54 Å². The third-order valence-corrected chi connectivity index (χ3v) is 6.51. The highest BCUT2D eigenvalue weighted by atomic mass is 35.5. The summed E-state index contributed by atoms with van der Waals surface area (Å²) in [7, 11) is 0. The number of nitrogens with zero attached hydrogens (tertiary/aromatic N) is 1. The van der Waals surface area contributed by atoms with Gasteiger partial charge in [0.25, 0.3) is 5.91 Å². The Balaban J connectivity index is 1.53. The third-order valence-electron chi connectivity index (χ3n) is 5.69. The molecule has 0 radical (unpaired) electrons. The van der Waals surface area contributed by atoms with Crippen LogP contribution in [0.25, 0.3) is 0 Å². The molecule has 1 heterocycles. The summed E-state index contributed by atoms with van der Waals surface area (Å²) in [5, 5.41) is 9.10. The largest absolute Gasteiger partial charge is 0.371 e. The van der Waals surface area contributed by atoms with Crippen molar-refractivity contribution in [3.05, 3.63) is 87.9 Å². The summed E-state index contributed by atoms with van der Waals surface area (Å²) < 4.78 is 0. The second-order valence-electron chi connectivity index (χ2n) is 8.13. The van der Waals surface area contributed by atoms with Crippen LogP contribution in [-0.4, -0.2) is 25.0 Å². The van der Waals surface area contributed by atoms with Crippen LogP contribution < -0.4 is 20.9 Å². The van der Waals surface area contributed by atoms with E-state index in [9.17, 15) is 9.59 Å². The average molecular weight is 497 g/mol. The molecule has 6 nitrogen and oxygen atoms in total. The van der Waals surface area contributed by atoms with Gasteiger partial charge < -0.3 is 20.9 Å². The fraction of sp³-hybridized carbons (Fsp3) is 0.231. The Morgan fingerprint density at radius 2 is 1.62 bits per heavy atom. The van der Waals surface area contributed by atoms with Gasteiger partial charge in [-0.15, -0.1) is 0 Å². The molecule has 0 bridgehead atoms. The SMILES string of the molecule is O=C(Nc1ccc(N2CCCCC2)c(C(=O)NCc2ccccc2)c1)Nc1cccc(Cl)c1Cl. The molecule has 3 N–H and O–H groups in total. The zero-order chi connectivity index (χ0) is 23.9. The molecule has 8 heteroatoms. The predicted octanol–water partition coefficient (Wildman–Crippen LogP) is 6.56. The number of piperidine rings is 1. The molecule has 0 aromatic heterocycles. The van der Waals surface area contributed by atoms with Gasteiger partial charge in [0.15, 0.2) is 0 Å². The van der Waals surface area contributed by atoms with Crippen molar-refractivity contribution < 1.29 is 9.59 Å². The summed E-state index contributed by atoms with van der Waals surface area (Å²) in [5.41, 5.74) is 3.31. The number of amides is 3. The van der Waals surface area contributed by atoms with Crippen LogP contribution in [0, 0.1) is 0 Å². The summed E-state index contributed by atoms with van der Waals surface area (Å²) in [6, 6.07) is 19.7. The molecule has 0 unspecified atom stereocenters. The second kappa shape index (κ2) is 11.3. The number of urea groups is 1. The van der Waals surface area contributed by atoms with Crippen LogP contribution in [0.2, 0.25) is 10.0 Å². The van der Waals surface area contributed by atoms with Crippen molar-refractivity contribution in [1.29, 1.82) is 0 Å². The first kappa shape index (κ1) is 23.9. The van der Waals surface area contributed by atoms with Gasteiger partial charge >= 0.3 is 6.03 Å². The number of rotatable bonds is 6. The van der Waals surface area contributed by atoms with Gasteiger partial charge in [-0.05, 0) is 55.2 Å². The fourth-order valence-corrected chi connectivity index (χ4v) is 4.31. The smallest absolute Gasteiger partial charge is 0.323 e. The molecule has 1 saturated heterocycles. The molecule has 1 aliphatic rings. The molecule has 3 aromatic carbocycles. The number of hydrogen-bond acceptors (Lipinski definition) is 3. The lowest BCUT2D eigenvalue weighted by molar-refractivity contribution is 0.0951. The van der Waals surface area contributed by atoms with Crippen LogP contribution >= 0.6 is 23.2 Å². The maximum Gasteiger partial charge on any atom is 0.323 e. The highest BCUT2D eigenvalue weighted by Gasteiger charge is 2.20. The fourth-order valence-electron chi connectivity index (χ4n) is 3.96. The maximum absolute atomic E-state index is 13.2. The number of carbonyl (C=O) groups is 2. The van der Waals surface area contributed by atoms with E-state index in [0.717, 1.165) is 37.2 Å². The molecule has 1 aliphatic heterocycles. The highest BCUT2D eigenvalue weighted by Crippen LogP contribution is 2.30. The van der Waals surface area contributed by atoms with E-state index < -0.39 is 6.03 Å². The Bertz CT molecular complexity index is 1160. The van der Waals surface area contributed by atoms with Crippen LogP contribution in [0.15, 0.2) is 66.7 Å². The molecule has 0 aliphatic carbocycles. The normalized spacial score (nSPS) is 13.3. The molecule has 3 aromatic rings. The number of nitrogens with one attached hydrogen (secondary N) is 3. The molecule has 0 atom stereocenters. The number of hydrogen-bond donors (Lipinski definition) is 3. The van der Waals surface area contributed by atoms with Gasteiger partial charge in [0.2, 0.25) is 0 Å². The van der Waals surface area contributed by atoms with E-state index in [4.69, 9.17) is 23.2 Å². The van der Waals surface area contributed by atoms with Crippen LogP contribution in [0.3, 0.4) is 0 Å². The number of benzene rings is 3. The summed E-state index contributed by atoms with van der Waals surface area (Å²) in [6.07, 6.45) is 3.37. The van der Waals surface area contributed by atoms with E-state index in [2.05, 4.69) is 20.9 Å². The summed E-state index contributed by atoms with van der Waals surface area (Å²) >= 11 is 12.2. The van der Waals surface area contributed by atoms with Crippen molar-refractivity contribution in [3.8, 4) is 0 Å². The Labute approximate surface area is 209 Å².